The number of aromatic nitrogens is 2. The number of nitrogens with zero attached hydrogens (tertiary/aromatic N) is 2. The molecule has 1 N–H and O–H groups in total. The summed E-state index contributed by atoms with van der Waals surface area (Å²) in [6.45, 7) is 1.71. The molecule has 0 fully saturated rings. The van der Waals surface area contributed by atoms with E-state index >= 15 is 0 Å². The Hall–Kier alpha value is -0.750. The van der Waals surface area contributed by atoms with Crippen molar-refractivity contribution in [1.82, 2.24) is 9.78 Å². The van der Waals surface area contributed by atoms with Gasteiger partial charge < -0.3 is 0 Å². The summed E-state index contributed by atoms with van der Waals surface area (Å²) < 4.78 is 25.9. The van der Waals surface area contributed by atoms with Crippen LogP contribution in [0, 0.1) is 6.92 Å². The van der Waals surface area contributed by atoms with Gasteiger partial charge in [-0.3, -0.25) is 9.40 Å². The maximum atomic E-state index is 11.1. The molecule has 7 heteroatoms. The quantitative estimate of drug-likeness (QED) is 0.766. The van der Waals surface area contributed by atoms with Gasteiger partial charge in [0.1, 0.15) is 5.21 Å². The lowest BCUT2D eigenvalue weighted by atomic mass is 10.4. The van der Waals surface area contributed by atoms with E-state index in [2.05, 4.69) is 9.82 Å². The highest BCUT2D eigenvalue weighted by Gasteiger charge is 2.11. The fourth-order valence-electron chi connectivity index (χ4n) is 0.895. The number of nitrogens with one attached hydrogen (secondary N) is 1. The number of aryl methyl sites for hydroxylation is 2. The average Bonchev–Trinajstić information content (AvgIpc) is 2.30. The molecule has 0 radical (unpaired) electrons. The van der Waals surface area contributed by atoms with E-state index in [0.717, 1.165) is 0 Å². The smallest absolute Gasteiger partial charge is 0.246 e. The molecule has 74 valence electrons. The summed E-state index contributed by atoms with van der Waals surface area (Å²) in [5.74, 6) is 0. The van der Waals surface area contributed by atoms with Gasteiger partial charge in [-0.15, -0.1) is 11.6 Å². The zero-order valence-electron chi connectivity index (χ0n) is 7.28. The van der Waals surface area contributed by atoms with E-state index in [0.29, 0.717) is 11.4 Å². The second-order valence-corrected chi connectivity index (χ2v) is 4.93. The molecule has 0 atom stereocenters. The Morgan fingerprint density at radius 2 is 2.31 bits per heavy atom. The van der Waals surface area contributed by atoms with Gasteiger partial charge in [-0.25, -0.2) is 8.42 Å². The minimum atomic E-state index is -3.42. The van der Waals surface area contributed by atoms with E-state index in [4.69, 9.17) is 11.6 Å². The summed E-state index contributed by atoms with van der Waals surface area (Å²) in [6.07, 6.45) is 1.58. The van der Waals surface area contributed by atoms with Gasteiger partial charge in [-0.05, 0) is 6.92 Å². The van der Waals surface area contributed by atoms with Crippen LogP contribution in [0.4, 0.5) is 5.69 Å². The molecule has 0 unspecified atom stereocenters. The molecule has 0 bridgehead atoms. The van der Waals surface area contributed by atoms with Crippen LogP contribution < -0.4 is 4.72 Å². The Balaban J connectivity index is 2.92. The van der Waals surface area contributed by atoms with Gasteiger partial charge in [0.05, 0.1) is 11.4 Å². The van der Waals surface area contributed by atoms with Crippen LogP contribution in [0.2, 0.25) is 0 Å². The predicted molar refractivity (Wildman–Crippen MR) is 51.2 cm³/mol. The largest absolute Gasteiger partial charge is 0.279 e. The lowest BCUT2D eigenvalue weighted by Gasteiger charge is -2.01. The second-order valence-electron chi connectivity index (χ2n) is 2.63. The third kappa shape index (κ3) is 2.60. The SMILES string of the molecule is Cc1nn(C)cc1NS(=O)(=O)CCl. The van der Waals surface area contributed by atoms with Crippen LogP contribution >= 0.6 is 11.6 Å². The highest BCUT2D eigenvalue weighted by molar-refractivity contribution is 7.93. The van der Waals surface area contributed by atoms with Gasteiger partial charge in [0.2, 0.25) is 10.0 Å². The van der Waals surface area contributed by atoms with Crippen molar-refractivity contribution in [3.05, 3.63) is 11.9 Å². The summed E-state index contributed by atoms with van der Waals surface area (Å²) in [7, 11) is -1.71. The van der Waals surface area contributed by atoms with E-state index in [1.54, 1.807) is 20.2 Å². The molecule has 0 amide bonds. The Morgan fingerprint density at radius 3 is 2.69 bits per heavy atom. The first-order chi connectivity index (χ1) is 5.94. The van der Waals surface area contributed by atoms with Crippen LogP contribution in [0.1, 0.15) is 5.69 Å². The molecule has 13 heavy (non-hydrogen) atoms. The maximum Gasteiger partial charge on any atom is 0.246 e. The number of hydrogen-bond donors (Lipinski definition) is 1. The summed E-state index contributed by atoms with van der Waals surface area (Å²) in [4.78, 5) is 0. The van der Waals surface area contributed by atoms with Crippen molar-refractivity contribution in [3.8, 4) is 0 Å². The summed E-state index contributed by atoms with van der Waals surface area (Å²) in [5.41, 5.74) is 1.08. The van der Waals surface area contributed by atoms with Crippen LogP contribution in [0.5, 0.6) is 0 Å². The number of alkyl halides is 1. The Kier molecular flexibility index (Phi) is 2.82. The van der Waals surface area contributed by atoms with Crippen molar-refractivity contribution in [2.75, 3.05) is 9.93 Å². The monoisotopic (exact) mass is 223 g/mol. The van der Waals surface area contributed by atoms with E-state index in [-0.39, 0.29) is 0 Å². The van der Waals surface area contributed by atoms with Crippen LogP contribution in [0.3, 0.4) is 0 Å². The highest BCUT2D eigenvalue weighted by atomic mass is 35.5. The lowest BCUT2D eigenvalue weighted by Crippen LogP contribution is -2.13. The Bertz CT molecular complexity index is 398. The average molecular weight is 224 g/mol. The standard InChI is InChI=1S/C6H10ClN3O2S/c1-5-6(3-10(2)8-5)9-13(11,12)4-7/h3,9H,4H2,1-2H3. The molecule has 0 aliphatic carbocycles. The van der Waals surface area contributed by atoms with Crippen molar-refractivity contribution in [1.29, 1.82) is 0 Å². The molecule has 0 saturated carbocycles. The number of hydrogen-bond acceptors (Lipinski definition) is 3. The first-order valence-electron chi connectivity index (χ1n) is 3.51. The third-order valence-corrected chi connectivity index (χ3v) is 3.10. The topological polar surface area (TPSA) is 64.0 Å². The van der Waals surface area contributed by atoms with E-state index in [9.17, 15) is 8.42 Å². The summed E-state index contributed by atoms with van der Waals surface area (Å²) in [5, 5.41) is 3.52. The van der Waals surface area contributed by atoms with Crippen molar-refractivity contribution in [2.45, 2.75) is 6.92 Å². The summed E-state index contributed by atoms with van der Waals surface area (Å²) >= 11 is 5.22. The van der Waals surface area contributed by atoms with Crippen molar-refractivity contribution < 1.29 is 8.42 Å². The van der Waals surface area contributed by atoms with Gasteiger partial charge in [-0.2, -0.15) is 5.10 Å². The van der Waals surface area contributed by atoms with Gasteiger partial charge in [-0.1, -0.05) is 0 Å². The van der Waals surface area contributed by atoms with E-state index in [1.165, 1.54) is 4.68 Å². The van der Waals surface area contributed by atoms with Gasteiger partial charge in [0.25, 0.3) is 0 Å². The number of rotatable bonds is 3. The van der Waals surface area contributed by atoms with Gasteiger partial charge in [0, 0.05) is 13.2 Å². The molecule has 0 saturated heterocycles. The number of sulfonamides is 1. The van der Waals surface area contributed by atoms with Gasteiger partial charge in [0.15, 0.2) is 0 Å². The van der Waals surface area contributed by atoms with Crippen molar-refractivity contribution in [3.63, 3.8) is 0 Å². The Morgan fingerprint density at radius 1 is 1.69 bits per heavy atom. The molecule has 0 aliphatic rings. The van der Waals surface area contributed by atoms with Crippen LogP contribution in [0.15, 0.2) is 6.20 Å². The normalized spacial score (nSPS) is 11.6. The van der Waals surface area contributed by atoms with Gasteiger partial charge >= 0.3 is 0 Å². The molecule has 1 heterocycles. The Labute approximate surface area is 81.7 Å². The number of halogens is 1. The fraction of sp³-hybridized carbons (Fsp3) is 0.500. The fourth-order valence-corrected chi connectivity index (χ4v) is 1.65. The lowest BCUT2D eigenvalue weighted by molar-refractivity contribution is 0.605. The first kappa shape index (κ1) is 10.3. The molecule has 0 aliphatic heterocycles. The summed E-state index contributed by atoms with van der Waals surface area (Å²) in [6, 6.07) is 0. The molecule has 0 aromatic carbocycles. The van der Waals surface area contributed by atoms with Crippen LogP contribution in [-0.4, -0.2) is 23.4 Å². The highest BCUT2D eigenvalue weighted by Crippen LogP contribution is 2.13. The second kappa shape index (κ2) is 3.55. The molecule has 1 aromatic heterocycles. The van der Waals surface area contributed by atoms with Crippen LogP contribution in [0.25, 0.3) is 0 Å². The molecule has 5 nitrogen and oxygen atoms in total. The minimum absolute atomic E-state index is 0.457. The molecular weight excluding hydrogens is 214 g/mol. The van der Waals surface area contributed by atoms with Crippen molar-refractivity contribution >= 4 is 27.3 Å². The molecule has 1 aromatic rings. The number of anilines is 1. The zero-order valence-corrected chi connectivity index (χ0v) is 8.85. The molecule has 0 spiro atoms. The predicted octanol–water partition coefficient (Wildman–Crippen LogP) is 0.667. The van der Waals surface area contributed by atoms with Crippen LogP contribution in [-0.2, 0) is 17.1 Å². The third-order valence-electron chi connectivity index (χ3n) is 1.42. The minimum Gasteiger partial charge on any atom is -0.279 e. The molecule has 1 rings (SSSR count). The maximum absolute atomic E-state index is 11.1. The van der Waals surface area contributed by atoms with E-state index in [1.807, 2.05) is 0 Å². The molecular formula is C6H10ClN3O2S. The zero-order chi connectivity index (χ0) is 10.1. The first-order valence-corrected chi connectivity index (χ1v) is 5.70. The van der Waals surface area contributed by atoms with E-state index < -0.39 is 15.2 Å². The van der Waals surface area contributed by atoms with Crippen molar-refractivity contribution in [2.24, 2.45) is 7.05 Å².